The maximum atomic E-state index is 11.8. The fourth-order valence-electron chi connectivity index (χ4n) is 1.94. The van der Waals surface area contributed by atoms with E-state index in [1.165, 1.54) is 24.6 Å². The van der Waals surface area contributed by atoms with E-state index in [0.29, 0.717) is 0 Å². The number of amides is 1. The summed E-state index contributed by atoms with van der Waals surface area (Å²) in [5.41, 5.74) is 0. The van der Waals surface area contributed by atoms with E-state index in [0.717, 1.165) is 28.0 Å². The third-order valence-electron chi connectivity index (χ3n) is 2.80. The Morgan fingerprint density at radius 2 is 2.18 bits per heavy atom. The van der Waals surface area contributed by atoms with Gasteiger partial charge >= 0.3 is 0 Å². The molecule has 0 N–H and O–H groups in total. The maximum Gasteiger partial charge on any atom is 0.286 e. The van der Waals surface area contributed by atoms with Crippen LogP contribution < -0.4 is 0 Å². The SMILES string of the molecule is O=C1N=C(N2CCCC2)SC1=Cc1cccs1. The van der Waals surface area contributed by atoms with Crippen LogP contribution in [0.2, 0.25) is 0 Å². The maximum absolute atomic E-state index is 11.8. The Hall–Kier alpha value is -1.07. The molecule has 0 unspecified atom stereocenters. The van der Waals surface area contributed by atoms with Crippen LogP contribution in [0.3, 0.4) is 0 Å². The Bertz CT molecular complexity index is 485. The first-order valence-electron chi connectivity index (χ1n) is 5.64. The summed E-state index contributed by atoms with van der Waals surface area (Å²) in [5, 5.41) is 2.90. The van der Waals surface area contributed by atoms with Crippen LogP contribution in [0.1, 0.15) is 17.7 Å². The second kappa shape index (κ2) is 4.66. The molecule has 0 atom stereocenters. The van der Waals surface area contributed by atoms with E-state index in [1.807, 2.05) is 23.6 Å². The van der Waals surface area contributed by atoms with E-state index in [-0.39, 0.29) is 5.91 Å². The zero-order valence-electron chi connectivity index (χ0n) is 9.26. The Balaban J connectivity index is 1.77. The van der Waals surface area contributed by atoms with E-state index in [9.17, 15) is 4.79 Å². The normalized spacial score (nSPS) is 22.6. The number of hydrogen-bond acceptors (Lipinski definition) is 4. The predicted molar refractivity (Wildman–Crippen MR) is 73.1 cm³/mol. The average Bonchev–Trinajstić information content (AvgIpc) is 3.02. The molecule has 3 rings (SSSR count). The summed E-state index contributed by atoms with van der Waals surface area (Å²) >= 11 is 3.15. The third kappa shape index (κ3) is 2.30. The minimum Gasteiger partial charge on any atom is -0.351 e. The van der Waals surface area contributed by atoms with E-state index in [4.69, 9.17) is 0 Å². The fourth-order valence-corrected chi connectivity index (χ4v) is 3.63. The van der Waals surface area contributed by atoms with Crippen LogP contribution in [-0.2, 0) is 4.79 Å². The molecule has 0 saturated carbocycles. The van der Waals surface area contributed by atoms with Crippen molar-refractivity contribution in [3.05, 3.63) is 27.3 Å². The van der Waals surface area contributed by atoms with Gasteiger partial charge in [0.05, 0.1) is 4.91 Å². The van der Waals surface area contributed by atoms with Gasteiger partial charge < -0.3 is 4.90 Å². The van der Waals surface area contributed by atoms with Crippen molar-refractivity contribution in [1.82, 2.24) is 4.90 Å². The summed E-state index contributed by atoms with van der Waals surface area (Å²) in [5.74, 6) is -0.0923. The van der Waals surface area contributed by atoms with Crippen LogP contribution in [0.5, 0.6) is 0 Å². The number of amidine groups is 1. The second-order valence-electron chi connectivity index (χ2n) is 4.02. The van der Waals surface area contributed by atoms with Crippen molar-refractivity contribution >= 4 is 40.2 Å². The minimum atomic E-state index is -0.0923. The highest BCUT2D eigenvalue weighted by molar-refractivity contribution is 8.18. The molecular formula is C12H12N2OS2. The molecular weight excluding hydrogens is 252 g/mol. The van der Waals surface area contributed by atoms with Crippen LogP contribution in [0.25, 0.3) is 6.08 Å². The molecule has 3 heterocycles. The van der Waals surface area contributed by atoms with Crippen molar-refractivity contribution in [2.45, 2.75) is 12.8 Å². The fraction of sp³-hybridized carbons (Fsp3) is 0.333. The first-order valence-corrected chi connectivity index (χ1v) is 7.33. The highest BCUT2D eigenvalue weighted by atomic mass is 32.2. The molecule has 1 fully saturated rings. The van der Waals surface area contributed by atoms with Gasteiger partial charge in [-0.1, -0.05) is 6.07 Å². The van der Waals surface area contributed by atoms with Gasteiger partial charge in [-0.2, -0.15) is 4.99 Å². The van der Waals surface area contributed by atoms with E-state index >= 15 is 0 Å². The van der Waals surface area contributed by atoms with Gasteiger partial charge in [0.2, 0.25) is 0 Å². The van der Waals surface area contributed by atoms with E-state index < -0.39 is 0 Å². The molecule has 1 aromatic heterocycles. The zero-order chi connectivity index (χ0) is 11.7. The molecule has 1 aromatic rings. The van der Waals surface area contributed by atoms with Gasteiger partial charge in [-0.3, -0.25) is 4.79 Å². The van der Waals surface area contributed by atoms with Crippen LogP contribution >= 0.6 is 23.1 Å². The van der Waals surface area contributed by atoms with Crippen molar-refractivity contribution < 1.29 is 4.79 Å². The molecule has 88 valence electrons. The minimum absolute atomic E-state index is 0.0923. The van der Waals surface area contributed by atoms with Crippen LogP contribution in [0.15, 0.2) is 27.4 Å². The summed E-state index contributed by atoms with van der Waals surface area (Å²) in [7, 11) is 0. The first-order chi connectivity index (χ1) is 8.33. The number of hydrogen-bond donors (Lipinski definition) is 0. The molecule has 0 aromatic carbocycles. The molecule has 0 bridgehead atoms. The largest absolute Gasteiger partial charge is 0.351 e. The third-order valence-corrected chi connectivity index (χ3v) is 4.67. The van der Waals surface area contributed by atoms with E-state index in [1.54, 1.807) is 11.3 Å². The molecule has 1 saturated heterocycles. The molecule has 2 aliphatic rings. The molecule has 5 heteroatoms. The van der Waals surface area contributed by atoms with Crippen molar-refractivity contribution in [3.63, 3.8) is 0 Å². The number of rotatable bonds is 1. The molecule has 3 nitrogen and oxygen atoms in total. The van der Waals surface area contributed by atoms with Crippen LogP contribution in [0.4, 0.5) is 0 Å². The lowest BCUT2D eigenvalue weighted by Crippen LogP contribution is -2.23. The van der Waals surface area contributed by atoms with Crippen molar-refractivity contribution in [3.8, 4) is 0 Å². The monoisotopic (exact) mass is 264 g/mol. The smallest absolute Gasteiger partial charge is 0.286 e. The van der Waals surface area contributed by atoms with E-state index in [2.05, 4.69) is 9.89 Å². The number of carbonyl (C=O) groups is 1. The Morgan fingerprint density at radius 1 is 1.35 bits per heavy atom. The summed E-state index contributed by atoms with van der Waals surface area (Å²) in [6, 6.07) is 4.00. The number of likely N-dealkylation sites (tertiary alicyclic amines) is 1. The number of nitrogens with zero attached hydrogens (tertiary/aromatic N) is 2. The summed E-state index contributed by atoms with van der Waals surface area (Å²) in [4.78, 5) is 20.0. The quantitative estimate of drug-likeness (QED) is 0.731. The lowest BCUT2D eigenvalue weighted by atomic mass is 10.4. The number of aliphatic imine (C=N–C) groups is 1. The first kappa shape index (κ1) is 11.0. The van der Waals surface area contributed by atoms with Crippen LogP contribution in [0, 0.1) is 0 Å². The number of thiophene rings is 1. The van der Waals surface area contributed by atoms with Gasteiger partial charge in [0.1, 0.15) is 0 Å². The lowest BCUT2D eigenvalue weighted by molar-refractivity contribution is -0.113. The summed E-state index contributed by atoms with van der Waals surface area (Å²) < 4.78 is 0. The Morgan fingerprint density at radius 3 is 2.88 bits per heavy atom. The average molecular weight is 264 g/mol. The van der Waals surface area contributed by atoms with Gasteiger partial charge in [-0.25, -0.2) is 0 Å². The highest BCUT2D eigenvalue weighted by Gasteiger charge is 2.27. The topological polar surface area (TPSA) is 32.7 Å². The van der Waals surface area contributed by atoms with Crippen LogP contribution in [-0.4, -0.2) is 29.1 Å². The Labute approximate surface area is 108 Å². The molecule has 0 spiro atoms. The predicted octanol–water partition coefficient (Wildman–Crippen LogP) is 2.81. The second-order valence-corrected chi connectivity index (χ2v) is 6.01. The standard InChI is InChI=1S/C12H12N2OS2/c15-11-10(8-9-4-3-7-16-9)17-12(13-11)14-5-1-2-6-14/h3-4,7-8H,1-2,5-6H2. The molecule has 2 aliphatic heterocycles. The molecule has 17 heavy (non-hydrogen) atoms. The summed E-state index contributed by atoms with van der Waals surface area (Å²) in [6.07, 6.45) is 4.35. The number of carbonyl (C=O) groups excluding carboxylic acids is 1. The van der Waals surface area contributed by atoms with Crippen molar-refractivity contribution in [1.29, 1.82) is 0 Å². The van der Waals surface area contributed by atoms with Gasteiger partial charge in [-0.15, -0.1) is 11.3 Å². The van der Waals surface area contributed by atoms with Crippen molar-refractivity contribution in [2.75, 3.05) is 13.1 Å². The zero-order valence-corrected chi connectivity index (χ0v) is 10.9. The van der Waals surface area contributed by atoms with Gasteiger partial charge in [0, 0.05) is 18.0 Å². The Kier molecular flexibility index (Phi) is 3.03. The molecule has 0 aliphatic carbocycles. The highest BCUT2D eigenvalue weighted by Crippen LogP contribution is 2.32. The van der Waals surface area contributed by atoms with Gasteiger partial charge in [0.15, 0.2) is 5.17 Å². The van der Waals surface area contributed by atoms with Gasteiger partial charge in [0.25, 0.3) is 5.91 Å². The summed E-state index contributed by atoms with van der Waals surface area (Å²) in [6.45, 7) is 2.07. The lowest BCUT2D eigenvalue weighted by Gasteiger charge is -2.14. The number of thioether (sulfide) groups is 1. The van der Waals surface area contributed by atoms with Gasteiger partial charge in [-0.05, 0) is 42.1 Å². The molecule has 0 radical (unpaired) electrons. The molecule has 1 amide bonds. The van der Waals surface area contributed by atoms with Crippen molar-refractivity contribution in [2.24, 2.45) is 4.99 Å².